The van der Waals surface area contributed by atoms with Gasteiger partial charge in [0, 0.05) is 11.6 Å². The Hall–Kier alpha value is -1.48. The van der Waals surface area contributed by atoms with Gasteiger partial charge < -0.3 is 15.2 Å². The van der Waals surface area contributed by atoms with Gasteiger partial charge in [-0.25, -0.2) is 0 Å². The van der Waals surface area contributed by atoms with E-state index in [1.54, 1.807) is 14.2 Å². The Balaban J connectivity index is 2.26. The fourth-order valence-corrected chi connectivity index (χ4v) is 2.60. The van der Waals surface area contributed by atoms with Crippen LogP contribution in [0.1, 0.15) is 43.7 Å². The zero-order valence-electron chi connectivity index (χ0n) is 11.8. The molecule has 2 rings (SSSR count). The van der Waals surface area contributed by atoms with Crippen LogP contribution in [0.2, 0.25) is 0 Å². The van der Waals surface area contributed by atoms with E-state index in [1.807, 2.05) is 18.2 Å². The van der Waals surface area contributed by atoms with Gasteiger partial charge in [0.25, 0.3) is 0 Å². The smallest absolute Gasteiger partial charge is 0.127 e. The van der Waals surface area contributed by atoms with Crippen molar-refractivity contribution in [2.45, 2.75) is 38.1 Å². The Kier molecular flexibility index (Phi) is 4.86. The molecule has 0 bridgehead atoms. The van der Waals surface area contributed by atoms with Crippen molar-refractivity contribution >= 4 is 0 Å². The summed E-state index contributed by atoms with van der Waals surface area (Å²) >= 11 is 0. The standard InChI is InChI=1S/C16H23NO2/c1-18-13-9-10-14(15(11-13)19-2)16(17)12-7-5-3-4-6-8-12/h7,9-11,16H,3-6,8,17H2,1-2H3. The molecule has 1 aromatic carbocycles. The molecule has 0 spiro atoms. The summed E-state index contributed by atoms with van der Waals surface area (Å²) in [5.41, 5.74) is 8.79. The normalized spacial score (nSPS) is 17.3. The summed E-state index contributed by atoms with van der Waals surface area (Å²) in [4.78, 5) is 0. The Bertz CT molecular complexity index is 454. The molecule has 3 heteroatoms. The zero-order chi connectivity index (χ0) is 13.7. The molecule has 0 radical (unpaired) electrons. The molecule has 1 aromatic rings. The van der Waals surface area contributed by atoms with Crippen LogP contribution in [-0.4, -0.2) is 14.2 Å². The lowest BCUT2D eigenvalue weighted by molar-refractivity contribution is 0.389. The van der Waals surface area contributed by atoms with Gasteiger partial charge >= 0.3 is 0 Å². The summed E-state index contributed by atoms with van der Waals surface area (Å²) in [5, 5.41) is 0. The maximum Gasteiger partial charge on any atom is 0.127 e. The van der Waals surface area contributed by atoms with Gasteiger partial charge in [0.05, 0.1) is 20.3 Å². The molecular weight excluding hydrogens is 238 g/mol. The lowest BCUT2D eigenvalue weighted by atomic mass is 9.95. The number of nitrogens with two attached hydrogens (primary N) is 1. The molecule has 0 amide bonds. The number of benzene rings is 1. The molecule has 1 unspecified atom stereocenters. The van der Waals surface area contributed by atoms with E-state index >= 15 is 0 Å². The lowest BCUT2D eigenvalue weighted by Crippen LogP contribution is -2.14. The highest BCUT2D eigenvalue weighted by molar-refractivity contribution is 5.45. The first-order valence-corrected chi connectivity index (χ1v) is 6.92. The molecular formula is C16H23NO2. The second-order valence-corrected chi connectivity index (χ2v) is 4.96. The predicted molar refractivity (Wildman–Crippen MR) is 77.6 cm³/mol. The first-order valence-electron chi connectivity index (χ1n) is 6.92. The summed E-state index contributed by atoms with van der Waals surface area (Å²) in [6.07, 6.45) is 8.35. The number of methoxy groups -OCH3 is 2. The van der Waals surface area contributed by atoms with Gasteiger partial charge in [-0.15, -0.1) is 0 Å². The minimum absolute atomic E-state index is 0.0704. The van der Waals surface area contributed by atoms with Crippen LogP contribution in [0.15, 0.2) is 29.8 Å². The van der Waals surface area contributed by atoms with E-state index in [1.165, 1.54) is 24.8 Å². The van der Waals surface area contributed by atoms with Crippen LogP contribution in [0.5, 0.6) is 11.5 Å². The molecule has 0 fully saturated rings. The highest BCUT2D eigenvalue weighted by Gasteiger charge is 2.17. The van der Waals surface area contributed by atoms with Crippen molar-refractivity contribution in [2.24, 2.45) is 5.73 Å². The number of rotatable bonds is 4. The van der Waals surface area contributed by atoms with Crippen LogP contribution in [-0.2, 0) is 0 Å². The highest BCUT2D eigenvalue weighted by Crippen LogP contribution is 2.34. The minimum atomic E-state index is -0.0704. The predicted octanol–water partition coefficient (Wildman–Crippen LogP) is 3.59. The van der Waals surface area contributed by atoms with Gasteiger partial charge in [-0.2, -0.15) is 0 Å². The van der Waals surface area contributed by atoms with Crippen LogP contribution >= 0.6 is 0 Å². The maximum atomic E-state index is 6.42. The first-order chi connectivity index (χ1) is 9.26. The van der Waals surface area contributed by atoms with Crippen LogP contribution in [0.4, 0.5) is 0 Å². The molecule has 104 valence electrons. The highest BCUT2D eigenvalue weighted by atomic mass is 16.5. The molecule has 1 atom stereocenters. The molecule has 0 saturated heterocycles. The molecule has 0 saturated carbocycles. The summed E-state index contributed by atoms with van der Waals surface area (Å²) < 4.78 is 10.7. The first kappa shape index (κ1) is 13.9. The molecule has 2 N–H and O–H groups in total. The number of ether oxygens (including phenoxy) is 2. The van der Waals surface area contributed by atoms with Crippen molar-refractivity contribution in [3.63, 3.8) is 0 Å². The molecule has 3 nitrogen and oxygen atoms in total. The second-order valence-electron chi connectivity index (χ2n) is 4.96. The summed E-state index contributed by atoms with van der Waals surface area (Å²) in [6.45, 7) is 0. The van der Waals surface area contributed by atoms with E-state index in [2.05, 4.69) is 6.08 Å². The molecule has 0 aromatic heterocycles. The largest absolute Gasteiger partial charge is 0.497 e. The van der Waals surface area contributed by atoms with Crippen molar-refractivity contribution in [2.75, 3.05) is 14.2 Å². The van der Waals surface area contributed by atoms with Gasteiger partial charge in [-0.1, -0.05) is 18.1 Å². The quantitative estimate of drug-likeness (QED) is 0.842. The Morgan fingerprint density at radius 1 is 1.11 bits per heavy atom. The van der Waals surface area contributed by atoms with E-state index in [4.69, 9.17) is 15.2 Å². The Labute approximate surface area is 115 Å². The second kappa shape index (κ2) is 6.62. The average molecular weight is 261 g/mol. The van der Waals surface area contributed by atoms with E-state index in [0.717, 1.165) is 29.9 Å². The van der Waals surface area contributed by atoms with Gasteiger partial charge in [0.1, 0.15) is 11.5 Å². The fourth-order valence-electron chi connectivity index (χ4n) is 2.60. The lowest BCUT2D eigenvalue weighted by Gasteiger charge is -2.19. The summed E-state index contributed by atoms with van der Waals surface area (Å²) in [5.74, 6) is 1.60. The van der Waals surface area contributed by atoms with E-state index in [9.17, 15) is 0 Å². The fraction of sp³-hybridized carbons (Fsp3) is 0.500. The Morgan fingerprint density at radius 3 is 2.68 bits per heavy atom. The van der Waals surface area contributed by atoms with Crippen molar-refractivity contribution in [3.05, 3.63) is 35.4 Å². The van der Waals surface area contributed by atoms with E-state index in [-0.39, 0.29) is 6.04 Å². The van der Waals surface area contributed by atoms with Gasteiger partial charge in [0.15, 0.2) is 0 Å². The van der Waals surface area contributed by atoms with Crippen LogP contribution in [0.25, 0.3) is 0 Å². The maximum absolute atomic E-state index is 6.42. The number of hydrogen-bond donors (Lipinski definition) is 1. The van der Waals surface area contributed by atoms with E-state index < -0.39 is 0 Å². The monoisotopic (exact) mass is 261 g/mol. The summed E-state index contributed by atoms with van der Waals surface area (Å²) in [7, 11) is 3.33. The molecule has 1 aliphatic carbocycles. The van der Waals surface area contributed by atoms with Crippen LogP contribution in [0, 0.1) is 0 Å². The minimum Gasteiger partial charge on any atom is -0.497 e. The Morgan fingerprint density at radius 2 is 1.95 bits per heavy atom. The van der Waals surface area contributed by atoms with Crippen LogP contribution in [0.3, 0.4) is 0 Å². The van der Waals surface area contributed by atoms with Crippen molar-refractivity contribution < 1.29 is 9.47 Å². The topological polar surface area (TPSA) is 44.5 Å². The molecule has 0 heterocycles. The van der Waals surface area contributed by atoms with Crippen LogP contribution < -0.4 is 15.2 Å². The third-order valence-electron chi connectivity index (χ3n) is 3.75. The number of hydrogen-bond acceptors (Lipinski definition) is 3. The zero-order valence-corrected chi connectivity index (χ0v) is 11.8. The molecule has 1 aliphatic rings. The van der Waals surface area contributed by atoms with Crippen molar-refractivity contribution in [1.29, 1.82) is 0 Å². The van der Waals surface area contributed by atoms with Gasteiger partial charge in [-0.05, 0) is 37.8 Å². The number of allylic oxidation sites excluding steroid dienone is 1. The van der Waals surface area contributed by atoms with Crippen molar-refractivity contribution in [3.8, 4) is 11.5 Å². The third-order valence-corrected chi connectivity index (χ3v) is 3.75. The SMILES string of the molecule is COc1ccc(C(N)C2=CCCCCC2)c(OC)c1. The molecule has 19 heavy (non-hydrogen) atoms. The molecule has 0 aliphatic heterocycles. The van der Waals surface area contributed by atoms with E-state index in [0.29, 0.717) is 0 Å². The van der Waals surface area contributed by atoms with Gasteiger partial charge in [-0.3, -0.25) is 0 Å². The summed E-state index contributed by atoms with van der Waals surface area (Å²) in [6, 6.07) is 5.77. The third kappa shape index (κ3) is 3.29. The average Bonchev–Trinajstić information content (AvgIpc) is 2.74. The van der Waals surface area contributed by atoms with Crippen molar-refractivity contribution in [1.82, 2.24) is 0 Å². The van der Waals surface area contributed by atoms with Gasteiger partial charge in [0.2, 0.25) is 0 Å².